The van der Waals surface area contributed by atoms with Crippen LogP contribution in [0.5, 0.6) is 0 Å². The van der Waals surface area contributed by atoms with Crippen molar-refractivity contribution in [2.45, 2.75) is 10.3 Å². The molecule has 0 radical (unpaired) electrons. The highest BCUT2D eigenvalue weighted by atomic mass is 79.9. The number of nitrogens with one attached hydrogen (secondary N) is 2. The molecule has 1 saturated heterocycles. The van der Waals surface area contributed by atoms with Gasteiger partial charge in [0.1, 0.15) is 10.3 Å². The molecule has 0 spiro atoms. The molecule has 2 unspecified atom stereocenters. The van der Waals surface area contributed by atoms with E-state index in [9.17, 15) is 9.59 Å². The summed E-state index contributed by atoms with van der Waals surface area (Å²) in [6.45, 7) is 0. The molecule has 1 aliphatic heterocycles. The molecule has 4 nitrogen and oxygen atoms in total. The molecule has 1 rings (SSSR count). The summed E-state index contributed by atoms with van der Waals surface area (Å²) in [5, 5.41) is 4.35. The zero-order valence-corrected chi connectivity index (χ0v) is 7.07. The van der Waals surface area contributed by atoms with Crippen LogP contribution in [0.25, 0.3) is 0 Å². The molecule has 0 saturated carbocycles. The summed E-state index contributed by atoms with van der Waals surface area (Å²) in [6, 6.07) is -0.555. The normalized spacial score (nSPS) is 33.0. The third-order valence-corrected chi connectivity index (χ3v) is 2.62. The van der Waals surface area contributed by atoms with Crippen LogP contribution in [0, 0.1) is 0 Å². The molecule has 6 heteroatoms. The van der Waals surface area contributed by atoms with E-state index in [4.69, 9.17) is 11.6 Å². The van der Waals surface area contributed by atoms with Gasteiger partial charge >= 0.3 is 6.03 Å². The van der Waals surface area contributed by atoms with Crippen LogP contribution in [-0.2, 0) is 4.79 Å². The predicted octanol–water partition coefficient (Wildman–Crippen LogP) is 0.154. The van der Waals surface area contributed by atoms with Crippen molar-refractivity contribution in [2.75, 3.05) is 0 Å². The number of rotatable bonds is 0. The summed E-state index contributed by atoms with van der Waals surface area (Å²) in [4.78, 5) is 20.6. The van der Waals surface area contributed by atoms with Crippen LogP contribution >= 0.6 is 27.5 Å². The lowest BCUT2D eigenvalue weighted by atomic mass is 10.3. The molecule has 0 aliphatic carbocycles. The van der Waals surface area contributed by atoms with E-state index in [1.165, 1.54) is 0 Å². The van der Waals surface area contributed by atoms with Crippen LogP contribution in [0.2, 0.25) is 0 Å². The van der Waals surface area contributed by atoms with Gasteiger partial charge in [-0.25, -0.2) is 4.79 Å². The first-order chi connectivity index (χ1) is 4.61. The number of halogens is 2. The van der Waals surface area contributed by atoms with Gasteiger partial charge in [0.25, 0.3) is 0 Å². The van der Waals surface area contributed by atoms with Crippen LogP contribution < -0.4 is 10.6 Å². The van der Waals surface area contributed by atoms with Crippen molar-refractivity contribution in [1.82, 2.24) is 10.6 Å². The quantitative estimate of drug-likeness (QED) is 0.457. The van der Waals surface area contributed by atoms with E-state index in [-0.39, 0.29) is 0 Å². The molecule has 1 fully saturated rings. The number of imide groups is 1. The molecule has 3 amide bonds. The van der Waals surface area contributed by atoms with Gasteiger partial charge in [-0.15, -0.1) is 0 Å². The number of alkyl halides is 2. The minimum Gasteiger partial charge on any atom is -0.320 e. The first-order valence-corrected chi connectivity index (χ1v) is 3.86. The number of carbonyl (C=O) groups excluding carboxylic acids is 2. The average molecular weight is 227 g/mol. The van der Waals surface area contributed by atoms with E-state index in [0.717, 1.165) is 0 Å². The average Bonchev–Trinajstić information content (AvgIpc) is 1.82. The second-order valence-corrected chi connectivity index (χ2v) is 3.22. The SMILES string of the molecule is O=C1NC(=O)C(Br)C(Cl)N1. The van der Waals surface area contributed by atoms with Crippen LogP contribution in [0.15, 0.2) is 0 Å². The zero-order chi connectivity index (χ0) is 7.72. The van der Waals surface area contributed by atoms with Gasteiger partial charge in [-0.2, -0.15) is 0 Å². The second kappa shape index (κ2) is 2.75. The van der Waals surface area contributed by atoms with Gasteiger partial charge in [0.2, 0.25) is 5.91 Å². The van der Waals surface area contributed by atoms with Gasteiger partial charge in [-0.05, 0) is 0 Å². The van der Waals surface area contributed by atoms with Crippen LogP contribution in [0.3, 0.4) is 0 Å². The van der Waals surface area contributed by atoms with Crippen molar-refractivity contribution in [3.8, 4) is 0 Å². The molecule has 56 valence electrons. The molecule has 0 aromatic heterocycles. The Morgan fingerprint density at radius 1 is 1.50 bits per heavy atom. The van der Waals surface area contributed by atoms with Crippen molar-refractivity contribution in [3.63, 3.8) is 0 Å². The Labute approximate surface area is 70.4 Å². The zero-order valence-electron chi connectivity index (χ0n) is 4.73. The molecular formula is C4H4BrClN2O2. The maximum atomic E-state index is 10.7. The smallest absolute Gasteiger partial charge is 0.320 e. The van der Waals surface area contributed by atoms with E-state index in [2.05, 4.69) is 21.2 Å². The lowest BCUT2D eigenvalue weighted by Gasteiger charge is -2.22. The van der Waals surface area contributed by atoms with Crippen molar-refractivity contribution in [2.24, 2.45) is 0 Å². The fourth-order valence-electron chi connectivity index (χ4n) is 0.548. The molecule has 10 heavy (non-hydrogen) atoms. The number of carbonyl (C=O) groups is 2. The largest absolute Gasteiger partial charge is 0.322 e. The highest BCUT2D eigenvalue weighted by Gasteiger charge is 2.31. The number of urea groups is 1. The topological polar surface area (TPSA) is 58.2 Å². The Balaban J connectivity index is 2.66. The molecule has 0 aromatic rings. The summed E-state index contributed by atoms with van der Waals surface area (Å²) in [5.74, 6) is -0.413. The predicted molar refractivity (Wildman–Crippen MR) is 39.0 cm³/mol. The van der Waals surface area contributed by atoms with Crippen molar-refractivity contribution in [3.05, 3.63) is 0 Å². The van der Waals surface area contributed by atoms with Gasteiger partial charge in [-0.3, -0.25) is 10.1 Å². The summed E-state index contributed by atoms with van der Waals surface area (Å²) >= 11 is 8.50. The first kappa shape index (κ1) is 7.81. The maximum Gasteiger partial charge on any atom is 0.322 e. The minimum atomic E-state index is -0.666. The highest BCUT2D eigenvalue weighted by Crippen LogP contribution is 2.12. The number of amides is 3. The molecule has 0 bridgehead atoms. The van der Waals surface area contributed by atoms with E-state index in [1.807, 2.05) is 5.32 Å². The third-order valence-electron chi connectivity index (χ3n) is 1.01. The Bertz CT molecular complexity index is 186. The Kier molecular flexibility index (Phi) is 2.15. The fraction of sp³-hybridized carbons (Fsp3) is 0.500. The van der Waals surface area contributed by atoms with Gasteiger partial charge in [0, 0.05) is 0 Å². The van der Waals surface area contributed by atoms with Crippen LogP contribution in [0.1, 0.15) is 0 Å². The van der Waals surface area contributed by atoms with Crippen molar-refractivity contribution in [1.29, 1.82) is 0 Å². The Hall–Kier alpha value is -0.290. The standard InChI is InChI=1S/C4H4BrClN2O2/c5-1-2(6)7-4(10)8-3(1)9/h1-2H,(H2,7,8,9,10). The fourth-order valence-corrected chi connectivity index (χ4v) is 1.01. The Morgan fingerprint density at radius 3 is 2.60 bits per heavy atom. The number of hydrogen-bond acceptors (Lipinski definition) is 2. The summed E-state index contributed by atoms with van der Waals surface area (Å²) in [7, 11) is 0. The molecule has 2 atom stereocenters. The summed E-state index contributed by atoms with van der Waals surface area (Å²) in [5.41, 5.74) is -0.666. The van der Waals surface area contributed by atoms with Crippen molar-refractivity contribution >= 4 is 39.5 Å². The number of hydrogen-bond donors (Lipinski definition) is 2. The van der Waals surface area contributed by atoms with Crippen LogP contribution in [0.4, 0.5) is 4.79 Å². The molecule has 0 aromatic carbocycles. The summed E-state index contributed by atoms with van der Waals surface area (Å²) in [6.07, 6.45) is 0. The molecule has 1 heterocycles. The van der Waals surface area contributed by atoms with Gasteiger partial charge in [0.15, 0.2) is 0 Å². The Morgan fingerprint density at radius 2 is 2.10 bits per heavy atom. The monoisotopic (exact) mass is 226 g/mol. The lowest BCUT2D eigenvalue weighted by Crippen LogP contribution is -2.56. The molecular weight excluding hydrogens is 223 g/mol. The van der Waals surface area contributed by atoms with Gasteiger partial charge in [0.05, 0.1) is 0 Å². The maximum absolute atomic E-state index is 10.7. The van der Waals surface area contributed by atoms with Gasteiger partial charge < -0.3 is 5.32 Å². The first-order valence-electron chi connectivity index (χ1n) is 2.51. The van der Waals surface area contributed by atoms with Crippen LogP contribution in [-0.4, -0.2) is 22.3 Å². The van der Waals surface area contributed by atoms with Crippen molar-refractivity contribution < 1.29 is 9.59 Å². The lowest BCUT2D eigenvalue weighted by molar-refractivity contribution is -0.120. The molecule has 2 N–H and O–H groups in total. The van der Waals surface area contributed by atoms with E-state index < -0.39 is 22.3 Å². The second-order valence-electron chi connectivity index (χ2n) is 1.77. The van der Waals surface area contributed by atoms with Gasteiger partial charge in [-0.1, -0.05) is 27.5 Å². The molecule has 1 aliphatic rings. The third kappa shape index (κ3) is 1.41. The minimum absolute atomic E-state index is 0.413. The highest BCUT2D eigenvalue weighted by molar-refractivity contribution is 9.10. The van der Waals surface area contributed by atoms with E-state index in [1.54, 1.807) is 0 Å². The van der Waals surface area contributed by atoms with E-state index in [0.29, 0.717) is 0 Å². The van der Waals surface area contributed by atoms with E-state index >= 15 is 0 Å². The summed E-state index contributed by atoms with van der Waals surface area (Å²) < 4.78 is 0.